The summed E-state index contributed by atoms with van der Waals surface area (Å²) in [5.74, 6) is 2.10. The van der Waals surface area contributed by atoms with Gasteiger partial charge in [0.2, 0.25) is 5.88 Å². The van der Waals surface area contributed by atoms with Gasteiger partial charge < -0.3 is 10.5 Å². The maximum atomic E-state index is 6.44. The van der Waals surface area contributed by atoms with E-state index >= 15 is 0 Å². The molecule has 0 spiro atoms. The van der Waals surface area contributed by atoms with Crippen molar-refractivity contribution in [3.63, 3.8) is 0 Å². The average molecular weight is 248 g/mol. The number of hydrogen-bond acceptors (Lipinski definition) is 3. The molecule has 1 aliphatic carbocycles. The van der Waals surface area contributed by atoms with Gasteiger partial charge in [-0.25, -0.2) is 4.98 Å². The third kappa shape index (κ3) is 2.83. The zero-order valence-electron chi connectivity index (χ0n) is 11.4. The quantitative estimate of drug-likeness (QED) is 0.889. The molecule has 3 heteroatoms. The number of hydrogen-bond donors (Lipinski definition) is 1. The zero-order chi connectivity index (χ0) is 13.0. The van der Waals surface area contributed by atoms with Crippen LogP contribution in [0.4, 0.5) is 0 Å². The largest absolute Gasteiger partial charge is 0.481 e. The minimum Gasteiger partial charge on any atom is -0.481 e. The molecule has 0 radical (unpaired) electrons. The summed E-state index contributed by atoms with van der Waals surface area (Å²) in [7, 11) is 1.66. The standard InChI is InChI=1S/C15H24N2O/c1-3-11-6-4-7-12(10-11)14(16)13-8-5-9-17-15(13)18-2/h5,8-9,11-12,14H,3-4,6-7,10,16H2,1-2H3. The summed E-state index contributed by atoms with van der Waals surface area (Å²) < 4.78 is 5.32. The number of methoxy groups -OCH3 is 1. The molecule has 0 saturated heterocycles. The lowest BCUT2D eigenvalue weighted by molar-refractivity contribution is 0.227. The van der Waals surface area contributed by atoms with Crippen LogP contribution >= 0.6 is 0 Å². The van der Waals surface area contributed by atoms with Crippen molar-refractivity contribution >= 4 is 0 Å². The van der Waals surface area contributed by atoms with Gasteiger partial charge in [-0.15, -0.1) is 0 Å². The number of rotatable bonds is 4. The van der Waals surface area contributed by atoms with Crippen molar-refractivity contribution in [1.82, 2.24) is 4.98 Å². The van der Waals surface area contributed by atoms with E-state index in [0.29, 0.717) is 11.8 Å². The topological polar surface area (TPSA) is 48.1 Å². The normalized spacial score (nSPS) is 25.7. The van der Waals surface area contributed by atoms with Crippen molar-refractivity contribution in [2.24, 2.45) is 17.6 Å². The molecule has 18 heavy (non-hydrogen) atoms. The predicted octanol–water partition coefficient (Wildman–Crippen LogP) is 3.31. The summed E-state index contributed by atoms with van der Waals surface area (Å²) in [6.07, 6.45) is 8.17. The molecular weight excluding hydrogens is 224 g/mol. The molecule has 2 N–H and O–H groups in total. The number of nitrogens with two attached hydrogens (primary N) is 1. The maximum absolute atomic E-state index is 6.44. The van der Waals surface area contributed by atoms with Gasteiger partial charge in [0.15, 0.2) is 0 Å². The van der Waals surface area contributed by atoms with E-state index in [1.54, 1.807) is 13.3 Å². The SMILES string of the molecule is CCC1CCCC(C(N)c2cccnc2OC)C1. The van der Waals surface area contributed by atoms with Crippen LogP contribution < -0.4 is 10.5 Å². The van der Waals surface area contributed by atoms with Gasteiger partial charge in [0.05, 0.1) is 7.11 Å². The van der Waals surface area contributed by atoms with E-state index in [0.717, 1.165) is 11.5 Å². The number of nitrogens with zero attached hydrogens (tertiary/aromatic N) is 1. The molecule has 3 unspecified atom stereocenters. The van der Waals surface area contributed by atoms with Crippen LogP contribution in [0, 0.1) is 11.8 Å². The van der Waals surface area contributed by atoms with Crippen LogP contribution in [-0.4, -0.2) is 12.1 Å². The lowest BCUT2D eigenvalue weighted by atomic mass is 9.75. The van der Waals surface area contributed by atoms with Crippen LogP contribution in [0.3, 0.4) is 0 Å². The molecule has 1 saturated carbocycles. The van der Waals surface area contributed by atoms with Gasteiger partial charge in [-0.2, -0.15) is 0 Å². The molecule has 1 heterocycles. The summed E-state index contributed by atoms with van der Waals surface area (Å²) in [4.78, 5) is 4.25. The highest BCUT2D eigenvalue weighted by Gasteiger charge is 2.28. The van der Waals surface area contributed by atoms with Crippen LogP contribution in [0.15, 0.2) is 18.3 Å². The molecule has 0 bridgehead atoms. The fraction of sp³-hybridized carbons (Fsp3) is 0.667. The summed E-state index contributed by atoms with van der Waals surface area (Å²) in [5.41, 5.74) is 7.50. The number of aromatic nitrogens is 1. The highest BCUT2D eigenvalue weighted by molar-refractivity contribution is 5.29. The van der Waals surface area contributed by atoms with Crippen LogP contribution in [-0.2, 0) is 0 Å². The Kier molecular flexibility index (Phi) is 4.59. The van der Waals surface area contributed by atoms with Crippen LogP contribution in [0.2, 0.25) is 0 Å². The van der Waals surface area contributed by atoms with E-state index in [4.69, 9.17) is 10.5 Å². The first-order valence-electron chi connectivity index (χ1n) is 7.00. The lowest BCUT2D eigenvalue weighted by Gasteiger charge is -2.32. The molecule has 1 aromatic heterocycles. The van der Waals surface area contributed by atoms with Gasteiger partial charge in [0.25, 0.3) is 0 Å². The van der Waals surface area contributed by atoms with Crippen molar-refractivity contribution in [1.29, 1.82) is 0 Å². The molecule has 0 amide bonds. The smallest absolute Gasteiger partial charge is 0.217 e. The van der Waals surface area contributed by atoms with Gasteiger partial charge in [-0.3, -0.25) is 0 Å². The van der Waals surface area contributed by atoms with Gasteiger partial charge in [-0.05, 0) is 30.7 Å². The molecule has 0 aromatic carbocycles. The predicted molar refractivity (Wildman–Crippen MR) is 73.5 cm³/mol. The molecule has 3 atom stereocenters. The fourth-order valence-electron chi connectivity index (χ4n) is 3.11. The molecule has 1 fully saturated rings. The highest BCUT2D eigenvalue weighted by atomic mass is 16.5. The molecular formula is C15H24N2O. The van der Waals surface area contributed by atoms with Crippen LogP contribution in [0.5, 0.6) is 5.88 Å². The third-order valence-corrected chi connectivity index (χ3v) is 4.26. The second-order valence-electron chi connectivity index (χ2n) is 5.33. The Balaban J connectivity index is 2.12. The van der Waals surface area contributed by atoms with E-state index in [1.165, 1.54) is 32.1 Å². The molecule has 3 nitrogen and oxygen atoms in total. The van der Waals surface area contributed by atoms with Crippen molar-refractivity contribution in [2.75, 3.05) is 7.11 Å². The second-order valence-corrected chi connectivity index (χ2v) is 5.33. The van der Waals surface area contributed by atoms with Crippen molar-refractivity contribution in [2.45, 2.75) is 45.1 Å². The summed E-state index contributed by atoms with van der Waals surface area (Å²) in [6, 6.07) is 4.05. The summed E-state index contributed by atoms with van der Waals surface area (Å²) in [6.45, 7) is 2.28. The Morgan fingerprint density at radius 1 is 1.50 bits per heavy atom. The Bertz CT molecular complexity index is 381. The zero-order valence-corrected chi connectivity index (χ0v) is 11.4. The number of pyridine rings is 1. The molecule has 1 aromatic rings. The summed E-state index contributed by atoms with van der Waals surface area (Å²) in [5, 5.41) is 0. The van der Waals surface area contributed by atoms with Gasteiger partial charge >= 0.3 is 0 Å². The van der Waals surface area contributed by atoms with Gasteiger partial charge in [0, 0.05) is 17.8 Å². The third-order valence-electron chi connectivity index (χ3n) is 4.26. The van der Waals surface area contributed by atoms with E-state index in [2.05, 4.69) is 11.9 Å². The Hall–Kier alpha value is -1.09. The van der Waals surface area contributed by atoms with Crippen molar-refractivity contribution in [3.8, 4) is 5.88 Å². The fourth-order valence-corrected chi connectivity index (χ4v) is 3.11. The van der Waals surface area contributed by atoms with Crippen molar-refractivity contribution in [3.05, 3.63) is 23.9 Å². The first-order valence-corrected chi connectivity index (χ1v) is 7.00. The highest BCUT2D eigenvalue weighted by Crippen LogP contribution is 2.38. The Morgan fingerprint density at radius 2 is 2.33 bits per heavy atom. The van der Waals surface area contributed by atoms with E-state index < -0.39 is 0 Å². The number of ether oxygens (including phenoxy) is 1. The molecule has 100 valence electrons. The Labute approximate surface area is 110 Å². The minimum atomic E-state index is 0.0583. The Morgan fingerprint density at radius 3 is 3.06 bits per heavy atom. The van der Waals surface area contributed by atoms with E-state index in [-0.39, 0.29) is 6.04 Å². The second kappa shape index (κ2) is 6.19. The van der Waals surface area contributed by atoms with E-state index in [1.807, 2.05) is 12.1 Å². The molecule has 1 aliphatic rings. The molecule has 2 rings (SSSR count). The van der Waals surface area contributed by atoms with Crippen LogP contribution in [0.1, 0.15) is 50.6 Å². The monoisotopic (exact) mass is 248 g/mol. The maximum Gasteiger partial charge on any atom is 0.217 e. The minimum absolute atomic E-state index is 0.0583. The average Bonchev–Trinajstić information content (AvgIpc) is 2.46. The first-order chi connectivity index (χ1) is 8.76. The van der Waals surface area contributed by atoms with Gasteiger partial charge in [-0.1, -0.05) is 32.3 Å². The van der Waals surface area contributed by atoms with Crippen molar-refractivity contribution < 1.29 is 4.74 Å². The van der Waals surface area contributed by atoms with E-state index in [9.17, 15) is 0 Å². The van der Waals surface area contributed by atoms with Gasteiger partial charge in [0.1, 0.15) is 0 Å². The molecule has 0 aliphatic heterocycles. The first kappa shape index (κ1) is 13.3. The summed E-state index contributed by atoms with van der Waals surface area (Å²) >= 11 is 0. The van der Waals surface area contributed by atoms with Crippen LogP contribution in [0.25, 0.3) is 0 Å². The lowest BCUT2D eigenvalue weighted by Crippen LogP contribution is -2.27.